The number of nitriles is 1. The second kappa shape index (κ2) is 6.89. The van der Waals surface area contributed by atoms with E-state index < -0.39 is 5.91 Å². The molecule has 2 N–H and O–H groups in total. The number of ether oxygens (including phenoxy) is 1. The molecule has 1 aliphatic carbocycles. The number of hydrogen-bond donors (Lipinski definition) is 2. The number of carbonyl (C=O) groups is 1. The fourth-order valence-electron chi connectivity index (χ4n) is 3.51. The maximum absolute atomic E-state index is 12.8. The van der Waals surface area contributed by atoms with E-state index in [2.05, 4.69) is 16.4 Å². The van der Waals surface area contributed by atoms with Crippen LogP contribution in [0.4, 0.5) is 5.00 Å². The van der Waals surface area contributed by atoms with Crippen LogP contribution in [0.1, 0.15) is 39.2 Å². The van der Waals surface area contributed by atoms with Crippen molar-refractivity contribution in [3.8, 4) is 11.8 Å². The van der Waals surface area contributed by atoms with Gasteiger partial charge in [0.2, 0.25) is 5.43 Å². The van der Waals surface area contributed by atoms with Crippen LogP contribution in [0.2, 0.25) is 0 Å². The lowest BCUT2D eigenvalue weighted by Gasteiger charge is -2.09. The molecule has 4 rings (SSSR count). The first-order valence-electron chi connectivity index (χ1n) is 8.68. The Hall–Kier alpha value is -3.11. The Morgan fingerprint density at radius 3 is 2.93 bits per heavy atom. The summed E-state index contributed by atoms with van der Waals surface area (Å²) >= 11 is 1.44. The number of aromatic nitrogens is 1. The van der Waals surface area contributed by atoms with Crippen LogP contribution in [-0.4, -0.2) is 18.0 Å². The number of anilines is 1. The second-order valence-corrected chi connectivity index (χ2v) is 7.50. The lowest BCUT2D eigenvalue weighted by Crippen LogP contribution is -2.22. The zero-order chi connectivity index (χ0) is 19.0. The third-order valence-electron chi connectivity index (χ3n) is 4.85. The molecule has 1 aliphatic rings. The molecule has 0 saturated carbocycles. The highest BCUT2D eigenvalue weighted by molar-refractivity contribution is 7.16. The zero-order valence-electron chi connectivity index (χ0n) is 14.7. The quantitative estimate of drug-likeness (QED) is 0.727. The summed E-state index contributed by atoms with van der Waals surface area (Å²) in [5, 5.41) is 13.2. The predicted octanol–water partition coefficient (Wildman–Crippen LogP) is 3.60. The van der Waals surface area contributed by atoms with E-state index in [0.717, 1.165) is 36.1 Å². The van der Waals surface area contributed by atoms with Gasteiger partial charge in [-0.2, -0.15) is 5.26 Å². The summed E-state index contributed by atoms with van der Waals surface area (Å²) in [4.78, 5) is 29.7. The van der Waals surface area contributed by atoms with Gasteiger partial charge in [-0.05, 0) is 43.4 Å². The van der Waals surface area contributed by atoms with Crippen molar-refractivity contribution in [3.63, 3.8) is 0 Å². The monoisotopic (exact) mass is 379 g/mol. The summed E-state index contributed by atoms with van der Waals surface area (Å²) in [6.45, 7) is 0. The molecule has 0 spiro atoms. The van der Waals surface area contributed by atoms with Crippen LogP contribution < -0.4 is 15.5 Å². The smallest absolute Gasteiger partial charge is 0.261 e. The Kier molecular flexibility index (Phi) is 4.42. The molecule has 7 heteroatoms. The maximum Gasteiger partial charge on any atom is 0.261 e. The number of hydrogen-bond acceptors (Lipinski definition) is 5. The van der Waals surface area contributed by atoms with Crippen LogP contribution in [0.25, 0.3) is 10.9 Å². The maximum atomic E-state index is 12.8. The molecule has 0 atom stereocenters. The van der Waals surface area contributed by atoms with E-state index in [1.807, 2.05) is 0 Å². The SMILES string of the molecule is COc1cccc2c(=O)c(C(=O)Nc3sc4c(c3C#N)CCCC4)c[nH]c12. The van der Waals surface area contributed by atoms with E-state index in [9.17, 15) is 14.9 Å². The van der Waals surface area contributed by atoms with Gasteiger partial charge in [0, 0.05) is 11.1 Å². The zero-order valence-corrected chi connectivity index (χ0v) is 15.5. The number of aromatic amines is 1. The van der Waals surface area contributed by atoms with Gasteiger partial charge in [0.25, 0.3) is 5.91 Å². The van der Waals surface area contributed by atoms with Gasteiger partial charge >= 0.3 is 0 Å². The van der Waals surface area contributed by atoms with Crippen molar-refractivity contribution in [2.75, 3.05) is 12.4 Å². The number of methoxy groups -OCH3 is 1. The van der Waals surface area contributed by atoms with Crippen molar-refractivity contribution in [2.45, 2.75) is 25.7 Å². The highest BCUT2D eigenvalue weighted by Gasteiger charge is 2.23. The molecule has 0 saturated heterocycles. The molecule has 3 aromatic rings. The van der Waals surface area contributed by atoms with Crippen LogP contribution in [0.3, 0.4) is 0 Å². The lowest BCUT2D eigenvalue weighted by molar-refractivity contribution is 0.102. The van der Waals surface area contributed by atoms with E-state index in [4.69, 9.17) is 4.74 Å². The Morgan fingerprint density at radius 1 is 1.33 bits per heavy atom. The number of pyridine rings is 1. The molecule has 136 valence electrons. The summed E-state index contributed by atoms with van der Waals surface area (Å²) in [6, 6.07) is 7.31. The van der Waals surface area contributed by atoms with Crippen LogP contribution in [0.15, 0.2) is 29.2 Å². The minimum absolute atomic E-state index is 0.00557. The number of benzene rings is 1. The lowest BCUT2D eigenvalue weighted by atomic mass is 9.96. The molecule has 1 aromatic carbocycles. The topological polar surface area (TPSA) is 95.0 Å². The van der Waals surface area contributed by atoms with E-state index >= 15 is 0 Å². The number of nitrogens with one attached hydrogen (secondary N) is 2. The minimum Gasteiger partial charge on any atom is -0.495 e. The van der Waals surface area contributed by atoms with Crippen molar-refractivity contribution >= 4 is 33.1 Å². The molecule has 2 heterocycles. The average molecular weight is 379 g/mol. The molecular weight excluding hydrogens is 362 g/mol. The molecule has 27 heavy (non-hydrogen) atoms. The standard InChI is InChI=1S/C20H17N3O3S/c1-26-15-7-4-6-12-17(15)22-10-14(18(12)24)19(25)23-20-13(9-21)11-5-2-3-8-16(11)27-20/h4,6-7,10H,2-3,5,8H2,1H3,(H,22,24)(H,23,25). The second-order valence-electron chi connectivity index (χ2n) is 6.40. The Bertz CT molecular complexity index is 1150. The van der Waals surface area contributed by atoms with E-state index in [1.165, 1.54) is 24.6 Å². The fourth-order valence-corrected chi connectivity index (χ4v) is 4.74. The van der Waals surface area contributed by atoms with E-state index in [-0.39, 0.29) is 11.0 Å². The Labute approximate surface area is 159 Å². The van der Waals surface area contributed by atoms with Crippen molar-refractivity contribution < 1.29 is 9.53 Å². The third kappa shape index (κ3) is 2.88. The molecule has 0 fully saturated rings. The number of carbonyl (C=O) groups excluding carboxylic acids is 1. The van der Waals surface area contributed by atoms with Gasteiger partial charge in [-0.1, -0.05) is 6.07 Å². The van der Waals surface area contributed by atoms with Gasteiger partial charge in [0.15, 0.2) is 0 Å². The molecule has 0 bridgehead atoms. The summed E-state index contributed by atoms with van der Waals surface area (Å²) in [5.41, 5.74) is 1.75. The molecule has 1 amide bonds. The van der Waals surface area contributed by atoms with Crippen molar-refractivity contribution in [3.05, 3.63) is 56.2 Å². The largest absolute Gasteiger partial charge is 0.495 e. The van der Waals surface area contributed by atoms with Crippen LogP contribution in [-0.2, 0) is 12.8 Å². The first-order valence-corrected chi connectivity index (χ1v) is 9.50. The summed E-state index contributed by atoms with van der Waals surface area (Å²) in [6.07, 6.45) is 5.33. The molecule has 6 nitrogen and oxygen atoms in total. The van der Waals surface area contributed by atoms with Crippen LogP contribution >= 0.6 is 11.3 Å². The van der Waals surface area contributed by atoms with Gasteiger partial charge < -0.3 is 15.0 Å². The van der Waals surface area contributed by atoms with E-state index in [0.29, 0.717) is 27.2 Å². The Balaban J connectivity index is 1.73. The highest BCUT2D eigenvalue weighted by atomic mass is 32.1. The van der Waals surface area contributed by atoms with Crippen molar-refractivity contribution in [1.29, 1.82) is 5.26 Å². The third-order valence-corrected chi connectivity index (χ3v) is 6.06. The Morgan fingerprint density at radius 2 is 2.15 bits per heavy atom. The first-order chi connectivity index (χ1) is 13.1. The fraction of sp³-hybridized carbons (Fsp3) is 0.250. The van der Waals surface area contributed by atoms with Gasteiger partial charge in [0.1, 0.15) is 22.4 Å². The average Bonchev–Trinajstić information content (AvgIpc) is 3.04. The van der Waals surface area contributed by atoms with Gasteiger partial charge in [-0.3, -0.25) is 9.59 Å². The first kappa shape index (κ1) is 17.3. The van der Waals surface area contributed by atoms with Crippen molar-refractivity contribution in [1.82, 2.24) is 4.98 Å². The number of H-pyrrole nitrogens is 1. The molecule has 0 radical (unpaired) electrons. The number of fused-ring (bicyclic) bond motifs is 2. The molecule has 2 aromatic heterocycles. The number of aryl methyl sites for hydroxylation is 1. The predicted molar refractivity (Wildman–Crippen MR) is 105 cm³/mol. The number of rotatable bonds is 3. The summed E-state index contributed by atoms with van der Waals surface area (Å²) in [7, 11) is 1.52. The van der Waals surface area contributed by atoms with Crippen LogP contribution in [0, 0.1) is 11.3 Å². The normalized spacial score (nSPS) is 13.0. The van der Waals surface area contributed by atoms with Gasteiger partial charge in [-0.25, -0.2) is 0 Å². The van der Waals surface area contributed by atoms with Crippen LogP contribution in [0.5, 0.6) is 5.75 Å². The number of nitrogens with zero attached hydrogens (tertiary/aromatic N) is 1. The summed E-state index contributed by atoms with van der Waals surface area (Å²) in [5.74, 6) is 0.0188. The van der Waals surface area contributed by atoms with Crippen molar-refractivity contribution in [2.24, 2.45) is 0 Å². The minimum atomic E-state index is -0.518. The molecular formula is C20H17N3O3S. The molecule has 0 aliphatic heterocycles. The molecule has 0 unspecified atom stereocenters. The number of amides is 1. The van der Waals surface area contributed by atoms with E-state index in [1.54, 1.807) is 18.2 Å². The number of thiophene rings is 1. The number of para-hydroxylation sites is 1. The highest BCUT2D eigenvalue weighted by Crippen LogP contribution is 2.37. The van der Waals surface area contributed by atoms with Gasteiger partial charge in [0.05, 0.1) is 23.6 Å². The summed E-state index contributed by atoms with van der Waals surface area (Å²) < 4.78 is 5.25. The van der Waals surface area contributed by atoms with Gasteiger partial charge in [-0.15, -0.1) is 11.3 Å².